The van der Waals surface area contributed by atoms with Gasteiger partial charge >= 0.3 is 5.97 Å². The smallest absolute Gasteiger partial charge is 0.335 e. The molecular weight excluding hydrogens is 432 g/mol. The van der Waals surface area contributed by atoms with E-state index in [1.54, 1.807) is 37.7 Å². The number of methoxy groups -OCH3 is 1. The molecule has 2 aromatic carbocycles. The molecule has 1 aromatic heterocycles. The van der Waals surface area contributed by atoms with Crippen LogP contribution in [0.4, 0.5) is 11.4 Å². The summed E-state index contributed by atoms with van der Waals surface area (Å²) in [5.74, 6) is 0.154. The van der Waals surface area contributed by atoms with Crippen molar-refractivity contribution in [3.8, 4) is 11.5 Å². The van der Waals surface area contributed by atoms with Gasteiger partial charge in [0.2, 0.25) is 0 Å². The van der Waals surface area contributed by atoms with Crippen molar-refractivity contribution < 1.29 is 24.1 Å². The number of aromatic nitrogens is 1. The van der Waals surface area contributed by atoms with E-state index in [4.69, 9.17) is 25.8 Å². The molecule has 7 nitrogen and oxygen atoms in total. The summed E-state index contributed by atoms with van der Waals surface area (Å²) >= 11 is 6.14. The molecule has 0 amide bonds. The van der Waals surface area contributed by atoms with Gasteiger partial charge in [0.15, 0.2) is 17.8 Å². The predicted molar refractivity (Wildman–Crippen MR) is 121 cm³/mol. The summed E-state index contributed by atoms with van der Waals surface area (Å²) in [4.78, 5) is 17.7. The second-order valence-electron chi connectivity index (χ2n) is 7.35. The topological polar surface area (TPSA) is 81.1 Å². The number of carbonyl (C=O) groups is 1. The summed E-state index contributed by atoms with van der Waals surface area (Å²) in [6.45, 7) is 1.09. The first-order valence-electron chi connectivity index (χ1n) is 10.2. The third-order valence-corrected chi connectivity index (χ3v) is 5.32. The number of rotatable bonds is 8. The van der Waals surface area contributed by atoms with Gasteiger partial charge in [-0.3, -0.25) is 4.98 Å². The van der Waals surface area contributed by atoms with Crippen LogP contribution >= 0.6 is 11.6 Å². The minimum atomic E-state index is -0.992. The molecule has 0 aliphatic carbocycles. The summed E-state index contributed by atoms with van der Waals surface area (Å²) in [5, 5.41) is 9.99. The Bertz CT molecular complexity index is 1100. The van der Waals surface area contributed by atoms with E-state index in [2.05, 4.69) is 4.98 Å². The van der Waals surface area contributed by atoms with Crippen LogP contribution in [0.1, 0.15) is 28.8 Å². The number of ether oxygens (including phenoxy) is 3. The van der Waals surface area contributed by atoms with Crippen LogP contribution in [-0.2, 0) is 11.3 Å². The average molecular weight is 455 g/mol. The highest BCUT2D eigenvalue weighted by Crippen LogP contribution is 2.37. The second kappa shape index (κ2) is 9.89. The van der Waals surface area contributed by atoms with Gasteiger partial charge in [0.05, 0.1) is 24.3 Å². The lowest BCUT2D eigenvalue weighted by Crippen LogP contribution is -2.18. The van der Waals surface area contributed by atoms with Crippen LogP contribution in [0.15, 0.2) is 60.9 Å². The zero-order valence-corrected chi connectivity index (χ0v) is 18.3. The molecule has 0 saturated carbocycles. The molecule has 2 heterocycles. The molecule has 32 heavy (non-hydrogen) atoms. The Balaban J connectivity index is 1.75. The third kappa shape index (κ3) is 5.12. The Hall–Kier alpha value is -3.29. The molecule has 1 aliphatic heterocycles. The van der Waals surface area contributed by atoms with Gasteiger partial charge < -0.3 is 24.2 Å². The Kier molecular flexibility index (Phi) is 6.78. The predicted octanol–water partition coefficient (Wildman–Crippen LogP) is 5.30. The molecule has 1 aliphatic rings. The monoisotopic (exact) mass is 454 g/mol. The second-order valence-corrected chi connectivity index (χ2v) is 7.79. The zero-order valence-electron chi connectivity index (χ0n) is 17.5. The van der Waals surface area contributed by atoms with Crippen molar-refractivity contribution in [3.63, 3.8) is 0 Å². The number of benzene rings is 2. The summed E-state index contributed by atoms with van der Waals surface area (Å²) in [5.41, 5.74) is 2.57. The lowest BCUT2D eigenvalue weighted by atomic mass is 10.1. The third-order valence-electron chi connectivity index (χ3n) is 5.11. The van der Waals surface area contributed by atoms with Gasteiger partial charge in [0.1, 0.15) is 0 Å². The number of carboxylic acid groups (broad SMARTS) is 1. The molecule has 4 rings (SSSR count). The maximum atomic E-state index is 11.5. The van der Waals surface area contributed by atoms with E-state index in [1.807, 2.05) is 35.2 Å². The lowest BCUT2D eigenvalue weighted by molar-refractivity contribution is -0.0402. The Morgan fingerprint density at radius 2 is 2.03 bits per heavy atom. The number of hydrogen-bond acceptors (Lipinski definition) is 6. The van der Waals surface area contributed by atoms with Crippen LogP contribution in [0.25, 0.3) is 0 Å². The van der Waals surface area contributed by atoms with Crippen LogP contribution in [-0.4, -0.2) is 36.1 Å². The van der Waals surface area contributed by atoms with Crippen LogP contribution in [0.5, 0.6) is 11.5 Å². The fourth-order valence-corrected chi connectivity index (χ4v) is 3.77. The van der Waals surface area contributed by atoms with Gasteiger partial charge in [-0.2, -0.15) is 0 Å². The fraction of sp³-hybridized carbons (Fsp3) is 0.250. The SMILES string of the molecule is COc1ccc(N(Cc2cncc(Cl)c2)c2cccc(C(=O)O)c2)cc1OC1CCCO1. The Morgan fingerprint density at radius 1 is 1.19 bits per heavy atom. The molecule has 0 bridgehead atoms. The van der Waals surface area contributed by atoms with Crippen molar-refractivity contribution >= 4 is 28.9 Å². The quantitative estimate of drug-likeness (QED) is 0.494. The minimum Gasteiger partial charge on any atom is -0.493 e. The standard InChI is InChI=1S/C24H23ClN2O5/c1-30-21-8-7-20(12-22(21)32-23-6-3-9-31-23)27(15-16-10-18(25)14-26-13-16)19-5-2-4-17(11-19)24(28)29/h2,4-5,7-8,10-14,23H,3,6,9,15H2,1H3,(H,28,29). The molecular formula is C24H23ClN2O5. The van der Waals surface area contributed by atoms with E-state index < -0.39 is 5.97 Å². The molecule has 0 radical (unpaired) electrons. The highest BCUT2D eigenvalue weighted by molar-refractivity contribution is 6.30. The van der Waals surface area contributed by atoms with E-state index in [-0.39, 0.29) is 11.9 Å². The first-order valence-corrected chi connectivity index (χ1v) is 10.6. The van der Waals surface area contributed by atoms with Gasteiger partial charge in [-0.05, 0) is 48.4 Å². The number of pyridine rings is 1. The van der Waals surface area contributed by atoms with E-state index >= 15 is 0 Å². The van der Waals surface area contributed by atoms with Crippen molar-refractivity contribution in [3.05, 3.63) is 77.1 Å². The van der Waals surface area contributed by atoms with Crippen LogP contribution < -0.4 is 14.4 Å². The number of halogens is 1. The van der Waals surface area contributed by atoms with Gasteiger partial charge in [0, 0.05) is 42.8 Å². The van der Waals surface area contributed by atoms with Crippen molar-refractivity contribution in [1.82, 2.24) is 4.98 Å². The molecule has 3 aromatic rings. The van der Waals surface area contributed by atoms with Crippen molar-refractivity contribution in [2.75, 3.05) is 18.6 Å². The number of aromatic carboxylic acids is 1. The maximum Gasteiger partial charge on any atom is 0.335 e. The molecule has 166 valence electrons. The highest BCUT2D eigenvalue weighted by Gasteiger charge is 2.21. The van der Waals surface area contributed by atoms with Gasteiger partial charge in [-0.15, -0.1) is 0 Å². The van der Waals surface area contributed by atoms with Gasteiger partial charge in [-0.1, -0.05) is 17.7 Å². The molecule has 1 N–H and O–H groups in total. The minimum absolute atomic E-state index is 0.195. The summed E-state index contributed by atoms with van der Waals surface area (Å²) in [7, 11) is 1.59. The summed E-state index contributed by atoms with van der Waals surface area (Å²) in [6, 6.07) is 14.2. The first kappa shape index (κ1) is 21.9. The summed E-state index contributed by atoms with van der Waals surface area (Å²) < 4.78 is 17.1. The zero-order chi connectivity index (χ0) is 22.5. The molecule has 1 unspecified atom stereocenters. The largest absolute Gasteiger partial charge is 0.493 e. The van der Waals surface area contributed by atoms with E-state index in [0.29, 0.717) is 35.4 Å². The summed E-state index contributed by atoms with van der Waals surface area (Å²) in [6.07, 6.45) is 4.74. The van der Waals surface area contributed by atoms with Gasteiger partial charge in [-0.25, -0.2) is 4.79 Å². The lowest BCUT2D eigenvalue weighted by Gasteiger charge is -2.27. The van der Waals surface area contributed by atoms with Crippen LogP contribution in [0.2, 0.25) is 5.02 Å². The Morgan fingerprint density at radius 3 is 2.75 bits per heavy atom. The van der Waals surface area contributed by atoms with E-state index in [0.717, 1.165) is 24.1 Å². The van der Waals surface area contributed by atoms with Gasteiger partial charge in [0.25, 0.3) is 0 Å². The van der Waals surface area contributed by atoms with Crippen molar-refractivity contribution in [2.45, 2.75) is 25.7 Å². The number of carboxylic acids is 1. The average Bonchev–Trinajstić information content (AvgIpc) is 3.31. The molecule has 0 spiro atoms. The fourth-order valence-electron chi connectivity index (χ4n) is 3.57. The van der Waals surface area contributed by atoms with Crippen LogP contribution in [0, 0.1) is 0 Å². The first-order chi connectivity index (χ1) is 15.5. The number of anilines is 2. The number of hydrogen-bond donors (Lipinski definition) is 1. The molecule has 1 saturated heterocycles. The maximum absolute atomic E-state index is 11.5. The normalized spacial score (nSPS) is 15.4. The Labute approximate surface area is 191 Å². The molecule has 1 atom stereocenters. The highest BCUT2D eigenvalue weighted by atomic mass is 35.5. The van der Waals surface area contributed by atoms with Crippen molar-refractivity contribution in [2.24, 2.45) is 0 Å². The van der Waals surface area contributed by atoms with E-state index in [1.165, 1.54) is 0 Å². The molecule has 1 fully saturated rings. The number of nitrogens with zero attached hydrogens (tertiary/aromatic N) is 2. The van der Waals surface area contributed by atoms with E-state index in [9.17, 15) is 9.90 Å². The van der Waals surface area contributed by atoms with Crippen LogP contribution in [0.3, 0.4) is 0 Å². The van der Waals surface area contributed by atoms with Crippen molar-refractivity contribution in [1.29, 1.82) is 0 Å². The molecule has 8 heteroatoms.